The van der Waals surface area contributed by atoms with Crippen LogP contribution in [0.4, 0.5) is 4.79 Å². The summed E-state index contributed by atoms with van der Waals surface area (Å²) in [5, 5.41) is 3.64. The Bertz CT molecular complexity index is 400. The molecule has 0 bridgehead atoms. The van der Waals surface area contributed by atoms with Crippen molar-refractivity contribution in [1.29, 1.82) is 0 Å². The van der Waals surface area contributed by atoms with E-state index in [4.69, 9.17) is 4.74 Å². The van der Waals surface area contributed by atoms with Crippen molar-refractivity contribution in [3.8, 4) is 0 Å². The van der Waals surface area contributed by atoms with Crippen LogP contribution >= 0.6 is 0 Å². The standard InChI is InChI=1S/C18H35N3O2/c1-17(2,3)23-16(22)21-12-7-6-9-15(21)13-19-14-18(20(4)5)10-8-11-18/h15,19H,6-14H2,1-5H3. The van der Waals surface area contributed by atoms with Crippen LogP contribution in [0.3, 0.4) is 0 Å². The number of hydrogen-bond acceptors (Lipinski definition) is 4. The number of likely N-dealkylation sites (N-methyl/N-ethyl adjacent to an activating group) is 1. The minimum Gasteiger partial charge on any atom is -0.444 e. The Morgan fingerprint density at radius 3 is 2.48 bits per heavy atom. The lowest BCUT2D eigenvalue weighted by atomic mass is 9.75. The quantitative estimate of drug-likeness (QED) is 0.844. The van der Waals surface area contributed by atoms with Crippen molar-refractivity contribution in [2.75, 3.05) is 33.7 Å². The molecule has 0 aromatic heterocycles. The number of carbonyl (C=O) groups excluding carboxylic acids is 1. The van der Waals surface area contributed by atoms with Gasteiger partial charge in [0.05, 0.1) is 0 Å². The normalized spacial score (nSPS) is 24.4. The van der Waals surface area contributed by atoms with Crippen LogP contribution in [0.2, 0.25) is 0 Å². The van der Waals surface area contributed by atoms with Crippen molar-refractivity contribution in [3.63, 3.8) is 0 Å². The minimum absolute atomic E-state index is 0.157. The Hall–Kier alpha value is -0.810. The summed E-state index contributed by atoms with van der Waals surface area (Å²) >= 11 is 0. The molecule has 1 aliphatic carbocycles. The molecule has 1 atom stereocenters. The van der Waals surface area contributed by atoms with Crippen molar-refractivity contribution in [1.82, 2.24) is 15.1 Å². The second kappa shape index (κ2) is 7.39. The van der Waals surface area contributed by atoms with E-state index >= 15 is 0 Å². The molecular weight excluding hydrogens is 290 g/mol. The predicted molar refractivity (Wildman–Crippen MR) is 93.7 cm³/mol. The first-order valence-corrected chi connectivity index (χ1v) is 9.11. The first-order chi connectivity index (χ1) is 10.7. The Morgan fingerprint density at radius 2 is 1.96 bits per heavy atom. The molecule has 1 N–H and O–H groups in total. The van der Waals surface area contributed by atoms with Gasteiger partial charge >= 0.3 is 6.09 Å². The van der Waals surface area contributed by atoms with E-state index in [2.05, 4.69) is 24.3 Å². The van der Waals surface area contributed by atoms with Crippen LogP contribution in [-0.4, -0.2) is 66.8 Å². The molecule has 5 nitrogen and oxygen atoms in total. The fourth-order valence-electron chi connectivity index (χ4n) is 3.61. The summed E-state index contributed by atoms with van der Waals surface area (Å²) in [6, 6.07) is 0.262. The summed E-state index contributed by atoms with van der Waals surface area (Å²) in [6.45, 7) is 8.49. The number of nitrogens with one attached hydrogen (secondary N) is 1. The van der Waals surface area contributed by atoms with E-state index in [0.717, 1.165) is 32.5 Å². The molecule has 1 aliphatic heterocycles. The molecule has 0 radical (unpaired) electrons. The summed E-state index contributed by atoms with van der Waals surface area (Å²) in [7, 11) is 4.35. The van der Waals surface area contributed by atoms with Gasteiger partial charge in [-0.25, -0.2) is 4.79 Å². The van der Waals surface area contributed by atoms with E-state index in [-0.39, 0.29) is 12.1 Å². The minimum atomic E-state index is -0.423. The van der Waals surface area contributed by atoms with E-state index in [1.807, 2.05) is 25.7 Å². The van der Waals surface area contributed by atoms with E-state index in [1.165, 1.54) is 25.7 Å². The molecule has 1 amide bonds. The fourth-order valence-corrected chi connectivity index (χ4v) is 3.61. The maximum atomic E-state index is 12.4. The van der Waals surface area contributed by atoms with Gasteiger partial charge in [0, 0.05) is 31.2 Å². The highest BCUT2D eigenvalue weighted by Crippen LogP contribution is 2.35. The molecule has 1 unspecified atom stereocenters. The van der Waals surface area contributed by atoms with Gasteiger partial charge in [0.1, 0.15) is 5.60 Å². The van der Waals surface area contributed by atoms with Crippen molar-refractivity contribution < 1.29 is 9.53 Å². The SMILES string of the molecule is CN(C)C1(CNCC2CCCCN2C(=O)OC(C)(C)C)CCC1. The number of likely N-dealkylation sites (tertiary alicyclic amines) is 1. The smallest absolute Gasteiger partial charge is 0.410 e. The number of piperidine rings is 1. The van der Waals surface area contributed by atoms with E-state index in [1.54, 1.807) is 0 Å². The summed E-state index contributed by atoms with van der Waals surface area (Å²) in [4.78, 5) is 16.7. The molecule has 0 aromatic carbocycles. The van der Waals surface area contributed by atoms with Crippen molar-refractivity contribution in [2.24, 2.45) is 0 Å². The van der Waals surface area contributed by atoms with Crippen LogP contribution in [0.25, 0.3) is 0 Å². The highest BCUT2D eigenvalue weighted by Gasteiger charge is 2.39. The van der Waals surface area contributed by atoms with Gasteiger partial charge < -0.3 is 19.9 Å². The lowest BCUT2D eigenvalue weighted by Crippen LogP contribution is -2.58. The maximum Gasteiger partial charge on any atom is 0.410 e. The molecule has 2 aliphatic rings. The molecule has 5 heteroatoms. The summed E-state index contributed by atoms with van der Waals surface area (Å²) in [5.74, 6) is 0. The molecule has 1 saturated carbocycles. The van der Waals surface area contributed by atoms with Gasteiger partial charge in [-0.3, -0.25) is 0 Å². The summed E-state index contributed by atoms with van der Waals surface area (Å²) < 4.78 is 5.58. The predicted octanol–water partition coefficient (Wildman–Crippen LogP) is 2.85. The van der Waals surface area contributed by atoms with Gasteiger partial charge in [0.25, 0.3) is 0 Å². The molecule has 1 saturated heterocycles. The van der Waals surface area contributed by atoms with Gasteiger partial charge in [-0.1, -0.05) is 0 Å². The number of carbonyl (C=O) groups is 1. The Kier molecular flexibility index (Phi) is 5.95. The first-order valence-electron chi connectivity index (χ1n) is 9.11. The average Bonchev–Trinajstić information content (AvgIpc) is 2.39. The highest BCUT2D eigenvalue weighted by atomic mass is 16.6. The number of rotatable bonds is 5. The van der Waals surface area contributed by atoms with Crippen LogP contribution in [0.15, 0.2) is 0 Å². The third-order valence-electron chi connectivity index (χ3n) is 5.32. The molecule has 23 heavy (non-hydrogen) atoms. The van der Waals surface area contributed by atoms with Gasteiger partial charge in [-0.05, 0) is 73.4 Å². The Labute approximate surface area is 141 Å². The van der Waals surface area contributed by atoms with Crippen molar-refractivity contribution in [3.05, 3.63) is 0 Å². The lowest BCUT2D eigenvalue weighted by Gasteiger charge is -2.48. The summed E-state index contributed by atoms with van der Waals surface area (Å²) in [6.07, 6.45) is 7.06. The third kappa shape index (κ3) is 4.83. The molecule has 2 rings (SSSR count). The van der Waals surface area contributed by atoms with Crippen molar-refractivity contribution in [2.45, 2.75) is 76.5 Å². The monoisotopic (exact) mass is 325 g/mol. The van der Waals surface area contributed by atoms with Gasteiger partial charge in [0.15, 0.2) is 0 Å². The topological polar surface area (TPSA) is 44.8 Å². The molecule has 1 heterocycles. The second-order valence-corrected chi connectivity index (χ2v) is 8.43. The molecule has 2 fully saturated rings. The summed E-state index contributed by atoms with van der Waals surface area (Å²) in [5.41, 5.74) is -0.0984. The average molecular weight is 325 g/mol. The van der Waals surface area contributed by atoms with Gasteiger partial charge in [0.2, 0.25) is 0 Å². The molecule has 0 spiro atoms. The van der Waals surface area contributed by atoms with E-state index in [0.29, 0.717) is 5.54 Å². The molecular formula is C18H35N3O2. The number of ether oxygens (including phenoxy) is 1. The number of nitrogens with zero attached hydrogens (tertiary/aromatic N) is 2. The van der Waals surface area contributed by atoms with Crippen molar-refractivity contribution >= 4 is 6.09 Å². The Morgan fingerprint density at radius 1 is 1.26 bits per heavy atom. The zero-order valence-corrected chi connectivity index (χ0v) is 15.7. The maximum absolute atomic E-state index is 12.4. The largest absolute Gasteiger partial charge is 0.444 e. The van der Waals surface area contributed by atoms with Crippen LogP contribution in [0.1, 0.15) is 59.3 Å². The number of hydrogen-bond donors (Lipinski definition) is 1. The fraction of sp³-hybridized carbons (Fsp3) is 0.944. The zero-order chi connectivity index (χ0) is 17.1. The molecule has 0 aromatic rings. The zero-order valence-electron chi connectivity index (χ0n) is 15.7. The van der Waals surface area contributed by atoms with E-state index in [9.17, 15) is 4.79 Å². The van der Waals surface area contributed by atoms with E-state index < -0.39 is 5.60 Å². The van der Waals surface area contributed by atoms with Crippen LogP contribution in [-0.2, 0) is 4.74 Å². The van der Waals surface area contributed by atoms with Crippen LogP contribution in [0.5, 0.6) is 0 Å². The first kappa shape index (κ1) is 18.5. The van der Waals surface area contributed by atoms with Crippen LogP contribution in [0, 0.1) is 0 Å². The third-order valence-corrected chi connectivity index (χ3v) is 5.32. The second-order valence-electron chi connectivity index (χ2n) is 8.43. The van der Waals surface area contributed by atoms with Gasteiger partial charge in [-0.15, -0.1) is 0 Å². The number of amides is 1. The van der Waals surface area contributed by atoms with Crippen LogP contribution < -0.4 is 5.32 Å². The lowest BCUT2D eigenvalue weighted by molar-refractivity contribution is 0.00854. The van der Waals surface area contributed by atoms with Gasteiger partial charge in [-0.2, -0.15) is 0 Å². The molecule has 134 valence electrons. The Balaban J connectivity index is 1.85. The highest BCUT2D eigenvalue weighted by molar-refractivity contribution is 5.68.